The number of nitrogens with zero attached hydrogens (tertiary/aromatic N) is 1. The largest absolute Gasteiger partial charge is 0.465 e. The van der Waals surface area contributed by atoms with Crippen molar-refractivity contribution in [2.75, 3.05) is 27.2 Å². The molecule has 0 aromatic heterocycles. The highest BCUT2D eigenvalue weighted by Gasteiger charge is 2.17. The molecule has 1 aromatic rings. The van der Waals surface area contributed by atoms with Gasteiger partial charge in [-0.3, -0.25) is 0 Å². The standard InChI is InChI=1S/C15H21NO2/c1-16-8-6-12(7-9-16)10-13-4-3-5-14(11-13)15(17)18-2/h3-5,11-12H,6-10H2,1-2H3. The Morgan fingerprint density at radius 1 is 1.39 bits per heavy atom. The van der Waals surface area contributed by atoms with E-state index in [-0.39, 0.29) is 5.97 Å². The summed E-state index contributed by atoms with van der Waals surface area (Å²) >= 11 is 0. The van der Waals surface area contributed by atoms with Crippen molar-refractivity contribution in [1.82, 2.24) is 4.90 Å². The van der Waals surface area contributed by atoms with Gasteiger partial charge < -0.3 is 9.64 Å². The number of hydrogen-bond acceptors (Lipinski definition) is 3. The van der Waals surface area contributed by atoms with Crippen LogP contribution in [0.4, 0.5) is 0 Å². The van der Waals surface area contributed by atoms with Crippen LogP contribution in [0.25, 0.3) is 0 Å². The Morgan fingerprint density at radius 2 is 2.11 bits per heavy atom. The van der Waals surface area contributed by atoms with Gasteiger partial charge in [0.1, 0.15) is 0 Å². The van der Waals surface area contributed by atoms with Crippen LogP contribution in [0.5, 0.6) is 0 Å². The van der Waals surface area contributed by atoms with Gasteiger partial charge in [0.05, 0.1) is 12.7 Å². The van der Waals surface area contributed by atoms with E-state index in [2.05, 4.69) is 18.0 Å². The lowest BCUT2D eigenvalue weighted by Gasteiger charge is -2.29. The van der Waals surface area contributed by atoms with Gasteiger partial charge in [-0.1, -0.05) is 12.1 Å². The summed E-state index contributed by atoms with van der Waals surface area (Å²) < 4.78 is 4.75. The third kappa shape index (κ3) is 3.33. The third-order valence-corrected chi connectivity index (χ3v) is 3.71. The van der Waals surface area contributed by atoms with Crippen LogP contribution in [0.15, 0.2) is 24.3 Å². The second-order valence-corrected chi connectivity index (χ2v) is 5.14. The Kier molecular flexibility index (Phi) is 4.37. The summed E-state index contributed by atoms with van der Waals surface area (Å²) in [4.78, 5) is 13.8. The summed E-state index contributed by atoms with van der Waals surface area (Å²) in [6.45, 7) is 2.36. The number of rotatable bonds is 3. The molecule has 1 aliphatic rings. The van der Waals surface area contributed by atoms with Crippen molar-refractivity contribution < 1.29 is 9.53 Å². The monoisotopic (exact) mass is 247 g/mol. The maximum atomic E-state index is 11.5. The summed E-state index contributed by atoms with van der Waals surface area (Å²) in [5.41, 5.74) is 1.90. The van der Waals surface area contributed by atoms with Gasteiger partial charge >= 0.3 is 5.97 Å². The molecule has 0 amide bonds. The second kappa shape index (κ2) is 6.01. The van der Waals surface area contributed by atoms with Crippen LogP contribution in [-0.2, 0) is 11.2 Å². The van der Waals surface area contributed by atoms with E-state index < -0.39 is 0 Å². The second-order valence-electron chi connectivity index (χ2n) is 5.14. The normalized spacial score (nSPS) is 17.7. The van der Waals surface area contributed by atoms with Gasteiger partial charge in [0, 0.05) is 0 Å². The molecule has 0 spiro atoms. The van der Waals surface area contributed by atoms with Crippen molar-refractivity contribution >= 4 is 5.97 Å². The summed E-state index contributed by atoms with van der Waals surface area (Å²) in [5.74, 6) is 0.495. The summed E-state index contributed by atoms with van der Waals surface area (Å²) in [6, 6.07) is 7.81. The number of benzene rings is 1. The Hall–Kier alpha value is -1.35. The van der Waals surface area contributed by atoms with Crippen LogP contribution in [-0.4, -0.2) is 38.1 Å². The Balaban J connectivity index is 1.99. The van der Waals surface area contributed by atoms with Gasteiger partial charge in [0.25, 0.3) is 0 Å². The van der Waals surface area contributed by atoms with Crippen molar-refractivity contribution in [3.8, 4) is 0 Å². The zero-order valence-corrected chi connectivity index (χ0v) is 11.2. The summed E-state index contributed by atoms with van der Waals surface area (Å²) in [7, 11) is 3.60. The number of piperidine rings is 1. The van der Waals surface area contributed by atoms with Gasteiger partial charge in [-0.25, -0.2) is 4.79 Å². The van der Waals surface area contributed by atoms with E-state index >= 15 is 0 Å². The zero-order chi connectivity index (χ0) is 13.0. The molecule has 1 fully saturated rings. The highest BCUT2D eigenvalue weighted by Crippen LogP contribution is 2.21. The minimum atomic E-state index is -0.250. The molecule has 1 aromatic carbocycles. The van der Waals surface area contributed by atoms with E-state index in [1.54, 1.807) is 0 Å². The molecule has 18 heavy (non-hydrogen) atoms. The van der Waals surface area contributed by atoms with E-state index in [9.17, 15) is 4.79 Å². The fourth-order valence-electron chi connectivity index (χ4n) is 2.54. The minimum Gasteiger partial charge on any atom is -0.465 e. The molecule has 3 heteroatoms. The van der Waals surface area contributed by atoms with Crippen molar-refractivity contribution in [1.29, 1.82) is 0 Å². The highest BCUT2D eigenvalue weighted by atomic mass is 16.5. The Morgan fingerprint density at radius 3 is 2.78 bits per heavy atom. The van der Waals surface area contributed by atoms with Crippen LogP contribution >= 0.6 is 0 Å². The number of esters is 1. The number of likely N-dealkylation sites (tertiary alicyclic amines) is 1. The topological polar surface area (TPSA) is 29.5 Å². The maximum Gasteiger partial charge on any atom is 0.337 e. The predicted molar refractivity (Wildman–Crippen MR) is 71.7 cm³/mol. The van der Waals surface area contributed by atoms with Crippen molar-refractivity contribution in [2.24, 2.45) is 5.92 Å². The van der Waals surface area contributed by atoms with E-state index in [0.29, 0.717) is 5.56 Å². The SMILES string of the molecule is COC(=O)c1cccc(CC2CCN(C)CC2)c1. The maximum absolute atomic E-state index is 11.5. The lowest BCUT2D eigenvalue weighted by atomic mass is 9.90. The minimum absolute atomic E-state index is 0.250. The highest BCUT2D eigenvalue weighted by molar-refractivity contribution is 5.89. The molecule has 0 aliphatic carbocycles. The number of ether oxygens (including phenoxy) is 1. The number of hydrogen-bond donors (Lipinski definition) is 0. The molecule has 0 bridgehead atoms. The first kappa shape index (κ1) is 13.1. The fraction of sp³-hybridized carbons (Fsp3) is 0.533. The first-order chi connectivity index (χ1) is 8.69. The summed E-state index contributed by atoms with van der Waals surface area (Å²) in [6.07, 6.45) is 3.57. The molecule has 3 nitrogen and oxygen atoms in total. The molecule has 2 rings (SSSR count). The molecule has 0 N–H and O–H groups in total. The lowest BCUT2D eigenvalue weighted by molar-refractivity contribution is 0.0600. The fourth-order valence-corrected chi connectivity index (χ4v) is 2.54. The van der Waals surface area contributed by atoms with Gasteiger partial charge in [0.15, 0.2) is 0 Å². The average Bonchev–Trinajstić information content (AvgIpc) is 2.41. The lowest BCUT2D eigenvalue weighted by Crippen LogP contribution is -2.30. The number of methoxy groups -OCH3 is 1. The number of carbonyl (C=O) groups excluding carboxylic acids is 1. The molecule has 0 unspecified atom stereocenters. The number of carbonyl (C=O) groups is 1. The smallest absolute Gasteiger partial charge is 0.337 e. The van der Waals surface area contributed by atoms with Crippen molar-refractivity contribution in [3.63, 3.8) is 0 Å². The van der Waals surface area contributed by atoms with Crippen molar-refractivity contribution in [3.05, 3.63) is 35.4 Å². The molecular weight excluding hydrogens is 226 g/mol. The van der Waals surface area contributed by atoms with Crippen LogP contribution in [0.3, 0.4) is 0 Å². The van der Waals surface area contributed by atoms with Gasteiger partial charge in [-0.2, -0.15) is 0 Å². The van der Waals surface area contributed by atoms with E-state index in [1.807, 2.05) is 18.2 Å². The third-order valence-electron chi connectivity index (χ3n) is 3.71. The Labute approximate surface area is 109 Å². The van der Waals surface area contributed by atoms with Gasteiger partial charge in [-0.15, -0.1) is 0 Å². The average molecular weight is 247 g/mol. The van der Waals surface area contributed by atoms with Crippen molar-refractivity contribution in [2.45, 2.75) is 19.3 Å². The van der Waals surface area contributed by atoms with Crippen LogP contribution in [0.2, 0.25) is 0 Å². The quantitative estimate of drug-likeness (QED) is 0.768. The van der Waals surface area contributed by atoms with Gasteiger partial charge in [-0.05, 0) is 63.0 Å². The predicted octanol–water partition coefficient (Wildman–Crippen LogP) is 2.36. The van der Waals surface area contributed by atoms with E-state index in [4.69, 9.17) is 4.74 Å². The van der Waals surface area contributed by atoms with Crippen LogP contribution in [0, 0.1) is 5.92 Å². The van der Waals surface area contributed by atoms with Crippen LogP contribution < -0.4 is 0 Å². The Bertz CT molecular complexity index is 409. The first-order valence-corrected chi connectivity index (χ1v) is 6.55. The molecule has 1 saturated heterocycles. The molecule has 0 radical (unpaired) electrons. The summed E-state index contributed by atoms with van der Waals surface area (Å²) in [5, 5.41) is 0. The zero-order valence-electron chi connectivity index (χ0n) is 11.2. The molecule has 0 saturated carbocycles. The van der Waals surface area contributed by atoms with Gasteiger partial charge in [0.2, 0.25) is 0 Å². The molecule has 1 aliphatic heterocycles. The molecule has 0 atom stereocenters. The molecule has 1 heterocycles. The van der Waals surface area contributed by atoms with E-state index in [1.165, 1.54) is 38.6 Å². The van der Waals surface area contributed by atoms with E-state index in [0.717, 1.165) is 12.3 Å². The molecular formula is C15H21NO2. The first-order valence-electron chi connectivity index (χ1n) is 6.55. The van der Waals surface area contributed by atoms with Crippen LogP contribution in [0.1, 0.15) is 28.8 Å². The molecule has 98 valence electrons.